The van der Waals surface area contributed by atoms with E-state index in [4.69, 9.17) is 15.0 Å². The Morgan fingerprint density at radius 1 is 0.393 bits per heavy atom. The predicted molar refractivity (Wildman–Crippen MR) is 233 cm³/mol. The van der Waals surface area contributed by atoms with E-state index in [0.717, 1.165) is 22.2 Å². The summed E-state index contributed by atoms with van der Waals surface area (Å²) < 4.78 is 2.27. The first-order valence-corrected chi connectivity index (χ1v) is 19.3. The minimum atomic E-state index is -0.151. The molecule has 1 aliphatic carbocycles. The zero-order valence-electron chi connectivity index (χ0n) is 31.0. The van der Waals surface area contributed by atoms with Gasteiger partial charge in [-0.1, -0.05) is 159 Å². The van der Waals surface area contributed by atoms with Gasteiger partial charge < -0.3 is 0 Å². The van der Waals surface area contributed by atoms with Crippen molar-refractivity contribution < 1.29 is 0 Å². The van der Waals surface area contributed by atoms with Gasteiger partial charge in [0.25, 0.3) is 0 Å². The number of hydrogen-bond donors (Lipinski definition) is 0. The van der Waals surface area contributed by atoms with E-state index in [1.165, 1.54) is 76.1 Å². The third kappa shape index (κ3) is 4.32. The highest BCUT2D eigenvalue weighted by Gasteiger charge is 2.35. The fourth-order valence-electron chi connectivity index (χ4n) is 9.55. The van der Waals surface area contributed by atoms with Crippen molar-refractivity contribution >= 4 is 64.9 Å². The van der Waals surface area contributed by atoms with Gasteiger partial charge in [-0.3, -0.25) is 4.57 Å². The number of benzene rings is 9. The van der Waals surface area contributed by atoms with Gasteiger partial charge in [-0.15, -0.1) is 0 Å². The first-order valence-electron chi connectivity index (χ1n) is 19.3. The third-order valence-corrected chi connectivity index (χ3v) is 12.2. The average Bonchev–Trinajstić information content (AvgIpc) is 3.71. The lowest BCUT2D eigenvalue weighted by Gasteiger charge is -2.21. The molecule has 0 saturated carbocycles. The average molecular weight is 715 g/mol. The summed E-state index contributed by atoms with van der Waals surface area (Å²) in [5, 5.41) is 12.2. The molecule has 0 bridgehead atoms. The van der Waals surface area contributed by atoms with Crippen LogP contribution in [0.5, 0.6) is 0 Å². The Morgan fingerprint density at radius 2 is 0.982 bits per heavy atom. The fourth-order valence-corrected chi connectivity index (χ4v) is 9.55. The zero-order chi connectivity index (χ0) is 37.1. The van der Waals surface area contributed by atoms with Crippen molar-refractivity contribution in [3.8, 4) is 39.9 Å². The van der Waals surface area contributed by atoms with E-state index >= 15 is 0 Å². The van der Waals surface area contributed by atoms with Crippen molar-refractivity contribution in [3.05, 3.63) is 181 Å². The van der Waals surface area contributed by atoms with Crippen LogP contribution < -0.4 is 0 Å². The molecular formula is C52H34N4. The van der Waals surface area contributed by atoms with Crippen molar-refractivity contribution in [3.63, 3.8) is 0 Å². The van der Waals surface area contributed by atoms with Crippen LogP contribution in [0.4, 0.5) is 0 Å². The summed E-state index contributed by atoms with van der Waals surface area (Å²) in [5.74, 6) is 1.88. The van der Waals surface area contributed by atoms with Gasteiger partial charge in [-0.2, -0.15) is 9.97 Å². The molecule has 0 spiro atoms. The first-order chi connectivity index (χ1) is 27.5. The second-order valence-corrected chi connectivity index (χ2v) is 15.6. The van der Waals surface area contributed by atoms with Crippen LogP contribution >= 0.6 is 0 Å². The molecule has 0 aliphatic heterocycles. The Morgan fingerprint density at radius 3 is 1.73 bits per heavy atom. The zero-order valence-corrected chi connectivity index (χ0v) is 31.0. The maximum atomic E-state index is 5.41. The van der Waals surface area contributed by atoms with E-state index in [0.29, 0.717) is 17.6 Å². The van der Waals surface area contributed by atoms with Crippen LogP contribution in [-0.2, 0) is 5.41 Å². The summed E-state index contributed by atoms with van der Waals surface area (Å²) in [5.41, 5.74) is 9.09. The number of rotatable bonds is 3. The second kappa shape index (κ2) is 11.4. The smallest absolute Gasteiger partial charge is 0.238 e. The van der Waals surface area contributed by atoms with E-state index in [9.17, 15) is 0 Å². The molecular weight excluding hydrogens is 681 g/mol. The van der Waals surface area contributed by atoms with Gasteiger partial charge >= 0.3 is 0 Å². The SMILES string of the molecule is CC1(C)c2ccccc2-c2ccc(-c3nc(-c4ccccc4)nc(-n4c5cc6c7ccccc7c7ccccc7c6cc5c5c6ccccc6ccc54)n3)cc21. The maximum absolute atomic E-state index is 5.41. The Kier molecular flexibility index (Phi) is 6.37. The summed E-state index contributed by atoms with van der Waals surface area (Å²) >= 11 is 0. The standard InChI is InChI=1S/C52H34N4/c1-52(2)44-23-13-12-22-39(44)40-26-24-33(28-45(40)52)50-53-49(32-15-4-3-5-16-32)54-51(55-50)56-46-27-25-31-14-6-7-17-34(31)48(46)43-29-41-37-20-10-8-18-35(37)36-19-9-11-21-38(36)42(41)30-47(43)56/h3-30H,1-2H3. The van der Waals surface area contributed by atoms with Gasteiger partial charge in [0.05, 0.1) is 11.0 Å². The molecule has 0 radical (unpaired) electrons. The monoisotopic (exact) mass is 714 g/mol. The summed E-state index contributed by atoms with van der Waals surface area (Å²) in [6.45, 7) is 4.63. The molecule has 0 atom stereocenters. The molecule has 9 aromatic carbocycles. The lowest BCUT2D eigenvalue weighted by molar-refractivity contribution is 0.660. The topological polar surface area (TPSA) is 43.6 Å². The van der Waals surface area contributed by atoms with E-state index in [1.807, 2.05) is 18.2 Å². The molecule has 2 heterocycles. The molecule has 0 unspecified atom stereocenters. The van der Waals surface area contributed by atoms with Gasteiger partial charge in [-0.05, 0) is 89.6 Å². The Labute approximate surface area is 323 Å². The van der Waals surface area contributed by atoms with E-state index in [-0.39, 0.29) is 5.41 Å². The number of fused-ring (bicyclic) bond motifs is 14. The summed E-state index contributed by atoms with van der Waals surface area (Å²) in [4.78, 5) is 15.9. The molecule has 2 aromatic heterocycles. The minimum Gasteiger partial charge on any atom is -0.278 e. The van der Waals surface area contributed by atoms with E-state index < -0.39 is 0 Å². The van der Waals surface area contributed by atoms with Crippen LogP contribution in [0.3, 0.4) is 0 Å². The van der Waals surface area contributed by atoms with Crippen LogP contribution in [-0.4, -0.2) is 19.5 Å². The maximum Gasteiger partial charge on any atom is 0.238 e. The molecule has 0 N–H and O–H groups in total. The van der Waals surface area contributed by atoms with Crippen LogP contribution in [0.2, 0.25) is 0 Å². The van der Waals surface area contributed by atoms with E-state index in [2.05, 4.69) is 170 Å². The van der Waals surface area contributed by atoms with Crippen LogP contribution in [0.15, 0.2) is 170 Å². The Balaban J connectivity index is 1.20. The van der Waals surface area contributed by atoms with Crippen LogP contribution in [0.25, 0.3) is 105 Å². The number of nitrogens with zero attached hydrogens (tertiary/aromatic N) is 4. The van der Waals surface area contributed by atoms with Crippen LogP contribution in [0.1, 0.15) is 25.0 Å². The lowest BCUT2D eigenvalue weighted by Crippen LogP contribution is -2.15. The highest BCUT2D eigenvalue weighted by molar-refractivity contribution is 6.30. The summed E-state index contributed by atoms with van der Waals surface area (Å²) in [6.07, 6.45) is 0. The quantitative estimate of drug-likeness (QED) is 0.171. The van der Waals surface area contributed by atoms with Gasteiger partial charge in [-0.25, -0.2) is 4.98 Å². The summed E-state index contributed by atoms with van der Waals surface area (Å²) in [6, 6.07) is 61.2. The summed E-state index contributed by atoms with van der Waals surface area (Å²) in [7, 11) is 0. The third-order valence-electron chi connectivity index (χ3n) is 12.2. The largest absolute Gasteiger partial charge is 0.278 e. The molecule has 11 aromatic rings. The molecule has 262 valence electrons. The molecule has 0 saturated heterocycles. The lowest BCUT2D eigenvalue weighted by atomic mass is 9.82. The Bertz CT molecular complexity index is 3450. The van der Waals surface area contributed by atoms with Gasteiger partial charge in [0.15, 0.2) is 11.6 Å². The van der Waals surface area contributed by atoms with Crippen LogP contribution in [0, 0.1) is 0 Å². The molecule has 4 nitrogen and oxygen atoms in total. The van der Waals surface area contributed by atoms with E-state index in [1.54, 1.807) is 0 Å². The van der Waals surface area contributed by atoms with Crippen molar-refractivity contribution in [2.24, 2.45) is 0 Å². The molecule has 56 heavy (non-hydrogen) atoms. The number of aromatic nitrogens is 4. The molecule has 1 aliphatic rings. The molecule has 0 amide bonds. The van der Waals surface area contributed by atoms with Gasteiger partial charge in [0, 0.05) is 27.3 Å². The van der Waals surface area contributed by atoms with Crippen molar-refractivity contribution in [2.45, 2.75) is 19.3 Å². The fraction of sp³-hybridized carbons (Fsp3) is 0.0577. The minimum absolute atomic E-state index is 0.151. The second-order valence-electron chi connectivity index (χ2n) is 15.6. The highest BCUT2D eigenvalue weighted by atomic mass is 15.2. The number of hydrogen-bond acceptors (Lipinski definition) is 3. The highest BCUT2D eigenvalue weighted by Crippen LogP contribution is 2.49. The normalized spacial score (nSPS) is 13.3. The molecule has 4 heteroatoms. The molecule has 12 rings (SSSR count). The predicted octanol–water partition coefficient (Wildman–Crippen LogP) is 13.2. The van der Waals surface area contributed by atoms with Crippen molar-refractivity contribution in [2.75, 3.05) is 0 Å². The van der Waals surface area contributed by atoms with Crippen molar-refractivity contribution in [1.82, 2.24) is 19.5 Å². The van der Waals surface area contributed by atoms with Gasteiger partial charge in [0.1, 0.15) is 0 Å². The Hall–Kier alpha value is -7.17. The molecule has 0 fully saturated rings. The van der Waals surface area contributed by atoms with Crippen molar-refractivity contribution in [1.29, 1.82) is 0 Å². The first kappa shape index (κ1) is 31.2. The van der Waals surface area contributed by atoms with Gasteiger partial charge in [0.2, 0.25) is 5.95 Å².